The van der Waals surface area contributed by atoms with Gasteiger partial charge in [-0.05, 0) is 37.8 Å². The molecule has 2 aliphatic carbocycles. The zero-order valence-electron chi connectivity index (χ0n) is 21.4. The van der Waals surface area contributed by atoms with Crippen LogP contribution in [-0.2, 0) is 9.59 Å². The molecule has 0 saturated heterocycles. The molecule has 4 N–H and O–H groups in total. The molecule has 38 heavy (non-hydrogen) atoms. The molecule has 2 saturated carbocycles. The van der Waals surface area contributed by atoms with Crippen molar-refractivity contribution in [2.75, 3.05) is 10.6 Å². The molecule has 0 bridgehead atoms. The Kier molecular flexibility index (Phi) is 8.68. The molecule has 6 nitrogen and oxygen atoms in total. The van der Waals surface area contributed by atoms with Crippen molar-refractivity contribution in [1.29, 1.82) is 0 Å². The Bertz CT molecular complexity index is 1170. The molecule has 0 unspecified atom stereocenters. The van der Waals surface area contributed by atoms with Gasteiger partial charge in [0.25, 0.3) is 0 Å². The average molecular weight is 602 g/mol. The fourth-order valence-electron chi connectivity index (χ4n) is 5.49. The van der Waals surface area contributed by atoms with Crippen LogP contribution in [0.15, 0.2) is 12.1 Å². The highest BCUT2D eigenvalue weighted by molar-refractivity contribution is 6.46. The molecule has 2 aliphatic rings. The molecule has 0 atom stereocenters. The zero-order chi connectivity index (χ0) is 27.8. The Morgan fingerprint density at radius 2 is 0.947 bits per heavy atom. The normalized spacial score (nSPS) is 18.6. The number of hydrogen-bond acceptors (Lipinski definition) is 4. The lowest BCUT2D eigenvalue weighted by molar-refractivity contribution is -0.127. The summed E-state index contributed by atoms with van der Waals surface area (Å²) < 4.78 is 0. The molecule has 206 valence electrons. The van der Waals surface area contributed by atoms with Crippen molar-refractivity contribution in [2.45, 2.75) is 78.1 Å². The summed E-state index contributed by atoms with van der Waals surface area (Å²) in [5.41, 5.74) is -0.591. The number of phenols is 2. The third kappa shape index (κ3) is 5.56. The smallest absolute Gasteiger partial charge is 0.230 e. The van der Waals surface area contributed by atoms with Crippen LogP contribution in [0.5, 0.6) is 11.5 Å². The Balaban J connectivity index is 1.73. The first-order valence-electron chi connectivity index (χ1n) is 12.9. The van der Waals surface area contributed by atoms with E-state index < -0.39 is 22.3 Å². The van der Waals surface area contributed by atoms with Gasteiger partial charge in [0.1, 0.15) is 21.5 Å². The third-order valence-electron chi connectivity index (χ3n) is 8.16. The number of amides is 2. The van der Waals surface area contributed by atoms with Gasteiger partial charge in [-0.1, -0.05) is 98.8 Å². The molecule has 0 aliphatic heterocycles. The number of phenolic OH excluding ortho intramolecular Hbond substituents is 2. The highest BCUT2D eigenvalue weighted by Crippen LogP contribution is 2.51. The van der Waals surface area contributed by atoms with Gasteiger partial charge in [0.15, 0.2) is 0 Å². The van der Waals surface area contributed by atoms with Crippen LogP contribution in [-0.4, -0.2) is 22.0 Å². The minimum Gasteiger partial charge on any atom is -0.506 e. The number of halogens is 4. The number of carbonyl (C=O) groups excluding carboxylic acids is 2. The fourth-order valence-corrected chi connectivity index (χ4v) is 6.28. The standard InChI is InChI=1S/C28H32Cl4N2O4/c1-27(9-5-3-6-10-27)25(37)33-17-13-15(23(35)21(31)19(17)29)16-14-18(20(30)22(32)24(16)36)34-26(38)28(2)11-7-4-8-12-28/h13-14,35-36H,3-12H2,1-2H3,(H,33,37)(H,34,38). The number of benzene rings is 2. The number of hydrogen-bond donors (Lipinski definition) is 4. The van der Waals surface area contributed by atoms with Crippen molar-refractivity contribution in [3.8, 4) is 22.6 Å². The molecule has 0 aromatic heterocycles. The van der Waals surface area contributed by atoms with E-state index in [0.29, 0.717) is 0 Å². The minimum atomic E-state index is -0.551. The summed E-state index contributed by atoms with van der Waals surface area (Å²) >= 11 is 25.6. The summed E-state index contributed by atoms with van der Waals surface area (Å²) in [6.45, 7) is 3.84. The Labute approximate surface area is 243 Å². The maximum atomic E-state index is 13.2. The Morgan fingerprint density at radius 1 is 0.632 bits per heavy atom. The highest BCUT2D eigenvalue weighted by atomic mass is 35.5. The first-order chi connectivity index (χ1) is 17.9. The number of rotatable bonds is 5. The minimum absolute atomic E-state index is 0.0287. The average Bonchev–Trinajstić information content (AvgIpc) is 2.90. The summed E-state index contributed by atoms with van der Waals surface area (Å²) in [5, 5.41) is 27.1. The van der Waals surface area contributed by atoms with Crippen molar-refractivity contribution in [1.82, 2.24) is 0 Å². The first-order valence-corrected chi connectivity index (χ1v) is 14.4. The monoisotopic (exact) mass is 600 g/mol. The van der Waals surface area contributed by atoms with E-state index in [1.54, 1.807) is 0 Å². The third-order valence-corrected chi connectivity index (χ3v) is 9.87. The van der Waals surface area contributed by atoms with Gasteiger partial charge in [0.2, 0.25) is 11.8 Å². The number of aromatic hydroxyl groups is 2. The predicted molar refractivity (Wildman–Crippen MR) is 155 cm³/mol. The van der Waals surface area contributed by atoms with E-state index in [9.17, 15) is 19.8 Å². The van der Waals surface area contributed by atoms with E-state index in [2.05, 4.69) is 10.6 Å². The van der Waals surface area contributed by atoms with Gasteiger partial charge in [0.05, 0.1) is 21.4 Å². The van der Waals surface area contributed by atoms with Crippen LogP contribution in [0.3, 0.4) is 0 Å². The molecule has 2 aromatic rings. The van der Waals surface area contributed by atoms with Crippen LogP contribution >= 0.6 is 46.4 Å². The SMILES string of the molecule is CC1(C(=O)Nc2cc(-c3cc(NC(=O)C4(C)CCCCC4)c(Cl)c(Cl)c3O)c(O)c(Cl)c2Cl)CCCCC1. The van der Waals surface area contributed by atoms with Crippen molar-refractivity contribution in [2.24, 2.45) is 10.8 Å². The second-order valence-corrected chi connectivity index (χ2v) is 12.6. The Morgan fingerprint density at radius 3 is 1.26 bits per heavy atom. The van der Waals surface area contributed by atoms with E-state index in [0.717, 1.165) is 64.2 Å². The van der Waals surface area contributed by atoms with Gasteiger partial charge in [-0.3, -0.25) is 9.59 Å². The summed E-state index contributed by atoms with van der Waals surface area (Å²) in [6.07, 6.45) is 9.05. The maximum Gasteiger partial charge on any atom is 0.230 e. The molecule has 0 heterocycles. The maximum absolute atomic E-state index is 13.2. The topological polar surface area (TPSA) is 98.7 Å². The van der Waals surface area contributed by atoms with Crippen molar-refractivity contribution >= 4 is 69.6 Å². The molecule has 4 rings (SSSR count). The lowest BCUT2D eigenvalue weighted by Gasteiger charge is -2.32. The van der Waals surface area contributed by atoms with Gasteiger partial charge in [-0.15, -0.1) is 0 Å². The molecule has 2 amide bonds. The fraction of sp³-hybridized carbons (Fsp3) is 0.500. The molecular formula is C28H32Cl4N2O4. The molecule has 10 heteroatoms. The van der Waals surface area contributed by atoms with E-state index in [1.807, 2.05) is 13.8 Å². The van der Waals surface area contributed by atoms with Crippen LogP contribution in [0.2, 0.25) is 20.1 Å². The van der Waals surface area contributed by atoms with Gasteiger partial charge in [-0.2, -0.15) is 0 Å². The molecule has 0 radical (unpaired) electrons. The second kappa shape index (κ2) is 11.3. The van der Waals surface area contributed by atoms with Crippen LogP contribution in [0.25, 0.3) is 11.1 Å². The number of nitrogens with one attached hydrogen (secondary N) is 2. The summed E-state index contributed by atoms with van der Waals surface area (Å²) in [7, 11) is 0. The predicted octanol–water partition coefficient (Wildman–Crippen LogP) is 9.20. The van der Waals surface area contributed by atoms with Crippen LogP contribution < -0.4 is 10.6 Å². The van der Waals surface area contributed by atoms with Crippen LogP contribution in [0.4, 0.5) is 11.4 Å². The number of carbonyl (C=O) groups is 2. The van der Waals surface area contributed by atoms with Crippen LogP contribution in [0, 0.1) is 10.8 Å². The highest BCUT2D eigenvalue weighted by Gasteiger charge is 2.36. The largest absolute Gasteiger partial charge is 0.506 e. The quantitative estimate of drug-likeness (QED) is 0.257. The molecule has 2 fully saturated rings. The molecule has 2 aromatic carbocycles. The van der Waals surface area contributed by atoms with E-state index in [4.69, 9.17) is 46.4 Å². The molecular weight excluding hydrogens is 570 g/mol. The van der Waals surface area contributed by atoms with Gasteiger partial charge in [-0.25, -0.2) is 0 Å². The summed E-state index contributed by atoms with van der Waals surface area (Å²) in [6, 6.07) is 2.86. The van der Waals surface area contributed by atoms with Gasteiger partial charge >= 0.3 is 0 Å². The zero-order valence-corrected chi connectivity index (χ0v) is 24.5. The van der Waals surface area contributed by atoms with Crippen molar-refractivity contribution in [3.05, 3.63) is 32.2 Å². The van der Waals surface area contributed by atoms with Gasteiger partial charge in [0, 0.05) is 22.0 Å². The van der Waals surface area contributed by atoms with E-state index in [1.165, 1.54) is 12.1 Å². The van der Waals surface area contributed by atoms with Crippen LogP contribution in [0.1, 0.15) is 78.1 Å². The van der Waals surface area contributed by atoms with E-state index >= 15 is 0 Å². The van der Waals surface area contributed by atoms with Crippen molar-refractivity contribution < 1.29 is 19.8 Å². The Hall–Kier alpha value is -1.86. The van der Waals surface area contributed by atoms with Crippen molar-refractivity contribution in [3.63, 3.8) is 0 Å². The first kappa shape index (κ1) is 29.1. The van der Waals surface area contributed by atoms with E-state index in [-0.39, 0.29) is 54.4 Å². The lowest BCUT2D eigenvalue weighted by Crippen LogP contribution is -2.35. The summed E-state index contributed by atoms with van der Waals surface area (Å²) in [4.78, 5) is 26.4. The lowest BCUT2D eigenvalue weighted by atomic mass is 9.75. The number of anilines is 2. The summed E-state index contributed by atoms with van der Waals surface area (Å²) in [5.74, 6) is -1.22. The molecule has 0 spiro atoms. The second-order valence-electron chi connectivity index (χ2n) is 11.0. The van der Waals surface area contributed by atoms with Gasteiger partial charge < -0.3 is 20.8 Å².